The molecule has 3 heterocycles. The topological polar surface area (TPSA) is 84.7 Å². The van der Waals surface area contributed by atoms with Crippen LogP contribution in [0.3, 0.4) is 0 Å². The molecule has 1 aliphatic rings. The standard InChI is InChI=1S/C19H25N3O4S/c1-19(2,3)26-18(24)20-11-13-7-4-5-9-22(13)17(23)14-12-27-16(21-14)15-8-6-10-25-15/h6,8,10,12-13H,4-5,7,9,11H2,1-3H3,(H,20,24). The van der Waals surface area contributed by atoms with Gasteiger partial charge in [-0.25, -0.2) is 9.78 Å². The molecule has 2 aromatic heterocycles. The number of amides is 2. The van der Waals surface area contributed by atoms with Crippen LogP contribution in [0.1, 0.15) is 50.5 Å². The highest BCUT2D eigenvalue weighted by molar-refractivity contribution is 7.13. The number of likely N-dealkylation sites (tertiary alicyclic amines) is 1. The molecular formula is C19H25N3O4S. The highest BCUT2D eigenvalue weighted by Gasteiger charge is 2.30. The summed E-state index contributed by atoms with van der Waals surface area (Å²) >= 11 is 1.38. The number of carbonyl (C=O) groups excluding carboxylic acids is 2. The Labute approximate surface area is 162 Å². The quantitative estimate of drug-likeness (QED) is 0.854. The fraction of sp³-hybridized carbons (Fsp3) is 0.526. The van der Waals surface area contributed by atoms with Gasteiger partial charge in [-0.2, -0.15) is 0 Å². The van der Waals surface area contributed by atoms with E-state index >= 15 is 0 Å². The van der Waals surface area contributed by atoms with Crippen LogP contribution >= 0.6 is 11.3 Å². The van der Waals surface area contributed by atoms with Crippen molar-refractivity contribution >= 4 is 23.3 Å². The van der Waals surface area contributed by atoms with Gasteiger partial charge < -0.3 is 19.4 Å². The SMILES string of the molecule is CC(C)(C)OC(=O)NCC1CCCCN1C(=O)c1csc(-c2ccco2)n1. The number of hydrogen-bond acceptors (Lipinski definition) is 6. The van der Waals surface area contributed by atoms with Crippen molar-refractivity contribution in [3.8, 4) is 10.8 Å². The van der Waals surface area contributed by atoms with E-state index < -0.39 is 11.7 Å². The van der Waals surface area contributed by atoms with Crippen molar-refractivity contribution in [2.24, 2.45) is 0 Å². The van der Waals surface area contributed by atoms with E-state index in [1.165, 1.54) is 11.3 Å². The molecule has 0 saturated carbocycles. The molecule has 8 heteroatoms. The van der Waals surface area contributed by atoms with E-state index in [1.54, 1.807) is 17.7 Å². The Hall–Kier alpha value is -2.35. The lowest BCUT2D eigenvalue weighted by Gasteiger charge is -2.35. The minimum atomic E-state index is -0.547. The fourth-order valence-electron chi connectivity index (χ4n) is 3.03. The normalized spacial score (nSPS) is 17.6. The Morgan fingerprint density at radius 3 is 2.93 bits per heavy atom. The number of ether oxygens (including phenoxy) is 1. The number of carbonyl (C=O) groups is 2. The van der Waals surface area contributed by atoms with Gasteiger partial charge in [0.1, 0.15) is 11.3 Å². The third-order valence-electron chi connectivity index (χ3n) is 4.22. The van der Waals surface area contributed by atoms with Crippen molar-refractivity contribution in [1.82, 2.24) is 15.2 Å². The highest BCUT2D eigenvalue weighted by Crippen LogP contribution is 2.26. The molecule has 0 radical (unpaired) electrons. The molecule has 0 aromatic carbocycles. The van der Waals surface area contributed by atoms with E-state index in [-0.39, 0.29) is 11.9 Å². The summed E-state index contributed by atoms with van der Waals surface area (Å²) in [7, 11) is 0. The fourth-order valence-corrected chi connectivity index (χ4v) is 3.79. The minimum absolute atomic E-state index is 0.0625. The van der Waals surface area contributed by atoms with E-state index in [4.69, 9.17) is 9.15 Å². The first-order valence-electron chi connectivity index (χ1n) is 9.11. The summed E-state index contributed by atoms with van der Waals surface area (Å²) in [5.74, 6) is 0.542. The Morgan fingerprint density at radius 1 is 1.41 bits per heavy atom. The number of hydrogen-bond donors (Lipinski definition) is 1. The largest absolute Gasteiger partial charge is 0.462 e. The Morgan fingerprint density at radius 2 is 2.22 bits per heavy atom. The number of aromatic nitrogens is 1. The van der Waals surface area contributed by atoms with E-state index in [0.29, 0.717) is 29.6 Å². The number of thiazole rings is 1. The summed E-state index contributed by atoms with van der Waals surface area (Å²) in [5.41, 5.74) is -0.134. The Balaban J connectivity index is 1.64. The number of piperidine rings is 1. The molecule has 146 valence electrons. The van der Waals surface area contributed by atoms with Crippen LogP contribution in [0.15, 0.2) is 28.2 Å². The third kappa shape index (κ3) is 5.09. The summed E-state index contributed by atoms with van der Waals surface area (Å²) in [6.45, 7) is 6.49. The molecule has 1 N–H and O–H groups in total. The second-order valence-electron chi connectivity index (χ2n) is 7.55. The van der Waals surface area contributed by atoms with Crippen molar-refractivity contribution in [2.75, 3.05) is 13.1 Å². The molecule has 27 heavy (non-hydrogen) atoms. The lowest BCUT2D eigenvalue weighted by atomic mass is 10.0. The van der Waals surface area contributed by atoms with Crippen molar-refractivity contribution in [3.05, 3.63) is 29.5 Å². The van der Waals surface area contributed by atoms with E-state index in [1.807, 2.05) is 31.7 Å². The maximum Gasteiger partial charge on any atom is 0.407 e. The summed E-state index contributed by atoms with van der Waals surface area (Å²) in [6, 6.07) is 3.55. The maximum atomic E-state index is 13.0. The van der Waals surface area contributed by atoms with Crippen LogP contribution in [0.5, 0.6) is 0 Å². The smallest absolute Gasteiger partial charge is 0.407 e. The zero-order valence-electron chi connectivity index (χ0n) is 15.9. The second-order valence-corrected chi connectivity index (χ2v) is 8.40. The Bertz CT molecular complexity index is 779. The Kier molecular flexibility index (Phi) is 5.84. The van der Waals surface area contributed by atoms with E-state index in [9.17, 15) is 9.59 Å². The van der Waals surface area contributed by atoms with Gasteiger partial charge in [-0.1, -0.05) is 0 Å². The molecule has 1 atom stereocenters. The van der Waals surface area contributed by atoms with Crippen LogP contribution in [0, 0.1) is 0 Å². The monoisotopic (exact) mass is 391 g/mol. The van der Waals surface area contributed by atoms with Gasteiger partial charge in [-0.3, -0.25) is 4.79 Å². The number of nitrogens with one attached hydrogen (secondary N) is 1. The number of nitrogens with zero attached hydrogens (tertiary/aromatic N) is 2. The average Bonchev–Trinajstić information content (AvgIpc) is 3.29. The van der Waals surface area contributed by atoms with Crippen LogP contribution in [0.25, 0.3) is 10.8 Å². The molecule has 0 spiro atoms. The lowest BCUT2D eigenvalue weighted by molar-refractivity contribution is 0.0461. The summed E-state index contributed by atoms with van der Waals surface area (Å²) < 4.78 is 10.6. The molecule has 3 rings (SSSR count). The molecule has 0 bridgehead atoms. The lowest BCUT2D eigenvalue weighted by Crippen LogP contribution is -2.50. The van der Waals surface area contributed by atoms with Gasteiger partial charge >= 0.3 is 6.09 Å². The molecular weight excluding hydrogens is 366 g/mol. The highest BCUT2D eigenvalue weighted by atomic mass is 32.1. The predicted molar refractivity (Wildman–Crippen MR) is 103 cm³/mol. The van der Waals surface area contributed by atoms with Gasteiger partial charge in [0.15, 0.2) is 10.8 Å². The molecule has 2 amide bonds. The summed E-state index contributed by atoms with van der Waals surface area (Å²) in [4.78, 5) is 31.1. The molecule has 0 aliphatic carbocycles. The molecule has 2 aromatic rings. The molecule has 1 saturated heterocycles. The third-order valence-corrected chi connectivity index (χ3v) is 5.08. The van der Waals surface area contributed by atoms with Crippen LogP contribution < -0.4 is 5.32 Å². The number of furan rings is 1. The van der Waals surface area contributed by atoms with E-state index in [0.717, 1.165) is 19.3 Å². The van der Waals surface area contributed by atoms with Gasteiger partial charge in [0.25, 0.3) is 5.91 Å². The zero-order valence-corrected chi connectivity index (χ0v) is 16.7. The van der Waals surface area contributed by atoms with Gasteiger partial charge in [-0.05, 0) is 52.2 Å². The minimum Gasteiger partial charge on any atom is -0.462 e. The number of alkyl carbamates (subject to hydrolysis) is 1. The first-order valence-corrected chi connectivity index (χ1v) is 9.99. The van der Waals surface area contributed by atoms with Crippen molar-refractivity contribution in [2.45, 2.75) is 51.7 Å². The number of rotatable bonds is 4. The van der Waals surface area contributed by atoms with Gasteiger partial charge in [-0.15, -0.1) is 11.3 Å². The van der Waals surface area contributed by atoms with Gasteiger partial charge in [0.2, 0.25) is 0 Å². The summed E-state index contributed by atoms with van der Waals surface area (Å²) in [5, 5.41) is 5.23. The van der Waals surface area contributed by atoms with Gasteiger partial charge in [0.05, 0.1) is 6.26 Å². The van der Waals surface area contributed by atoms with Crippen LogP contribution in [0.4, 0.5) is 4.79 Å². The molecule has 1 unspecified atom stereocenters. The predicted octanol–water partition coefficient (Wildman–Crippen LogP) is 3.92. The van der Waals surface area contributed by atoms with E-state index in [2.05, 4.69) is 10.3 Å². The molecule has 1 fully saturated rings. The summed E-state index contributed by atoms with van der Waals surface area (Å²) in [6.07, 6.45) is 3.94. The maximum absolute atomic E-state index is 13.0. The van der Waals surface area contributed by atoms with Crippen LogP contribution in [0.2, 0.25) is 0 Å². The van der Waals surface area contributed by atoms with Crippen LogP contribution in [-0.2, 0) is 4.74 Å². The van der Waals surface area contributed by atoms with Crippen molar-refractivity contribution < 1.29 is 18.7 Å². The first kappa shape index (κ1) is 19.4. The first-order chi connectivity index (χ1) is 12.8. The van der Waals surface area contributed by atoms with Crippen LogP contribution in [-0.4, -0.2) is 46.6 Å². The van der Waals surface area contributed by atoms with Crippen molar-refractivity contribution in [3.63, 3.8) is 0 Å². The van der Waals surface area contributed by atoms with Crippen molar-refractivity contribution in [1.29, 1.82) is 0 Å². The second kappa shape index (κ2) is 8.12. The molecule has 1 aliphatic heterocycles. The zero-order chi connectivity index (χ0) is 19.4. The average molecular weight is 391 g/mol. The van der Waals surface area contributed by atoms with Gasteiger partial charge in [0, 0.05) is 24.5 Å². The molecule has 7 nitrogen and oxygen atoms in total.